The molecule has 0 saturated carbocycles. The Hall–Kier alpha value is -4.20. The van der Waals surface area contributed by atoms with Crippen LogP contribution in [0.15, 0.2) is 96.1 Å². The van der Waals surface area contributed by atoms with E-state index >= 15 is 0 Å². The van der Waals surface area contributed by atoms with Gasteiger partial charge in [0, 0.05) is 5.56 Å². The van der Waals surface area contributed by atoms with Crippen molar-refractivity contribution in [3.63, 3.8) is 0 Å². The maximum absolute atomic E-state index is 12.6. The molecule has 0 radical (unpaired) electrons. The molecule has 1 fully saturated rings. The van der Waals surface area contributed by atoms with E-state index in [4.69, 9.17) is 4.74 Å². The van der Waals surface area contributed by atoms with Gasteiger partial charge in [0.2, 0.25) is 0 Å². The van der Waals surface area contributed by atoms with Gasteiger partial charge in [0.25, 0.3) is 5.91 Å². The van der Waals surface area contributed by atoms with Gasteiger partial charge in [-0.3, -0.25) is 4.79 Å². The number of aromatic hydroxyl groups is 1. The Kier molecular flexibility index (Phi) is 6.70. The van der Waals surface area contributed by atoms with Crippen LogP contribution in [0, 0.1) is 0 Å². The number of para-hydroxylation sites is 1. The van der Waals surface area contributed by atoms with E-state index in [1.807, 2.05) is 42.5 Å². The summed E-state index contributed by atoms with van der Waals surface area (Å²) in [5.41, 5.74) is 11.6. The molecule has 1 aliphatic heterocycles. The highest BCUT2D eigenvalue weighted by Crippen LogP contribution is 2.31. The molecule has 1 heterocycles. The number of hydrogen-bond donors (Lipinski definition) is 4. The van der Waals surface area contributed by atoms with Crippen molar-refractivity contribution in [1.82, 2.24) is 16.3 Å². The average Bonchev–Trinajstić information content (AvgIpc) is 3.38. The number of hydrazone groups is 1. The van der Waals surface area contributed by atoms with Crippen LogP contribution >= 0.6 is 0 Å². The summed E-state index contributed by atoms with van der Waals surface area (Å²) in [6.07, 6.45) is 2.04. The number of hydrazine groups is 1. The molecule has 1 amide bonds. The molecule has 1 saturated heterocycles. The number of rotatable bonds is 7. The van der Waals surface area contributed by atoms with Gasteiger partial charge in [0.05, 0.1) is 12.3 Å². The van der Waals surface area contributed by atoms with E-state index in [2.05, 4.69) is 45.6 Å². The topological polar surface area (TPSA) is 95.0 Å². The van der Waals surface area contributed by atoms with Gasteiger partial charge in [-0.05, 0) is 46.5 Å². The molecule has 0 aromatic heterocycles. The van der Waals surface area contributed by atoms with Crippen LogP contribution in [-0.4, -0.2) is 23.3 Å². The minimum atomic E-state index is -0.451. The van der Waals surface area contributed by atoms with Crippen molar-refractivity contribution in [3.8, 4) is 11.5 Å². The fourth-order valence-electron chi connectivity index (χ4n) is 4.26. The molecule has 35 heavy (non-hydrogen) atoms. The minimum absolute atomic E-state index is 0.0930. The van der Waals surface area contributed by atoms with E-state index < -0.39 is 6.04 Å². The molecule has 2 atom stereocenters. The first-order valence-electron chi connectivity index (χ1n) is 11.5. The SMILES string of the molecule is O=C(N/N=C\c1cccc(O)c1)C1CC(c2ccccc2OCc2cccc3ccccc23)NN1. The lowest BCUT2D eigenvalue weighted by Crippen LogP contribution is -2.41. The largest absolute Gasteiger partial charge is 0.508 e. The Bertz CT molecular complexity index is 1370. The molecule has 4 N–H and O–H groups in total. The van der Waals surface area contributed by atoms with E-state index in [-0.39, 0.29) is 17.7 Å². The number of amides is 1. The zero-order chi connectivity index (χ0) is 24.0. The third-order valence-corrected chi connectivity index (χ3v) is 6.04. The van der Waals surface area contributed by atoms with Crippen molar-refractivity contribution in [2.45, 2.75) is 25.1 Å². The number of carbonyl (C=O) groups excluding carboxylic acids is 1. The first kappa shape index (κ1) is 22.6. The number of carbonyl (C=O) groups is 1. The van der Waals surface area contributed by atoms with E-state index in [1.165, 1.54) is 17.0 Å². The molecule has 1 aliphatic rings. The average molecular weight is 467 g/mol. The molecule has 5 rings (SSSR count). The van der Waals surface area contributed by atoms with Crippen molar-refractivity contribution in [3.05, 3.63) is 108 Å². The quantitative estimate of drug-likeness (QED) is 0.242. The lowest BCUT2D eigenvalue weighted by atomic mass is 10.0. The summed E-state index contributed by atoms with van der Waals surface area (Å²) in [4.78, 5) is 12.6. The van der Waals surface area contributed by atoms with Gasteiger partial charge in [0.15, 0.2) is 0 Å². The Balaban J connectivity index is 1.22. The highest BCUT2D eigenvalue weighted by Gasteiger charge is 2.31. The monoisotopic (exact) mass is 466 g/mol. The van der Waals surface area contributed by atoms with Gasteiger partial charge in [-0.15, -0.1) is 0 Å². The molecule has 4 aromatic carbocycles. The number of fused-ring (bicyclic) bond motifs is 1. The van der Waals surface area contributed by atoms with Gasteiger partial charge < -0.3 is 9.84 Å². The highest BCUT2D eigenvalue weighted by molar-refractivity contribution is 5.86. The standard InChI is InChI=1S/C28H26N4O3/c33-22-11-5-7-19(15-22)17-29-32-28(34)26-16-25(30-31-26)24-13-3-4-14-27(24)35-18-21-10-6-9-20-8-1-2-12-23(20)21/h1-15,17,25-26,30-31,33H,16,18H2,(H,32,34)/b29-17-. The number of benzene rings is 4. The molecule has 0 spiro atoms. The van der Waals surface area contributed by atoms with Crippen molar-refractivity contribution in [2.75, 3.05) is 0 Å². The van der Waals surface area contributed by atoms with Gasteiger partial charge in [-0.1, -0.05) is 72.8 Å². The Morgan fingerprint density at radius 2 is 1.80 bits per heavy atom. The molecule has 7 nitrogen and oxygen atoms in total. The Morgan fingerprint density at radius 1 is 1.00 bits per heavy atom. The van der Waals surface area contributed by atoms with Crippen LogP contribution in [0.3, 0.4) is 0 Å². The zero-order valence-electron chi connectivity index (χ0n) is 19.0. The second-order valence-corrected chi connectivity index (χ2v) is 8.42. The maximum atomic E-state index is 12.6. The second-order valence-electron chi connectivity index (χ2n) is 8.42. The van der Waals surface area contributed by atoms with Gasteiger partial charge in [-0.2, -0.15) is 5.10 Å². The Morgan fingerprint density at radius 3 is 2.71 bits per heavy atom. The first-order valence-corrected chi connectivity index (χ1v) is 11.5. The summed E-state index contributed by atoms with van der Waals surface area (Å²) in [6, 6.07) is 28.5. The highest BCUT2D eigenvalue weighted by atomic mass is 16.5. The molecular formula is C28H26N4O3. The summed E-state index contributed by atoms with van der Waals surface area (Å²) in [5.74, 6) is 0.680. The molecule has 2 unspecified atom stereocenters. The fourth-order valence-corrected chi connectivity index (χ4v) is 4.26. The van der Waals surface area contributed by atoms with Gasteiger partial charge >= 0.3 is 0 Å². The zero-order valence-corrected chi connectivity index (χ0v) is 19.0. The minimum Gasteiger partial charge on any atom is -0.508 e. The maximum Gasteiger partial charge on any atom is 0.258 e. The summed E-state index contributed by atoms with van der Waals surface area (Å²) < 4.78 is 6.25. The van der Waals surface area contributed by atoms with Crippen LogP contribution in [0.2, 0.25) is 0 Å². The van der Waals surface area contributed by atoms with E-state index in [0.29, 0.717) is 18.6 Å². The number of phenols is 1. The second kappa shape index (κ2) is 10.4. The van der Waals surface area contributed by atoms with E-state index in [0.717, 1.165) is 16.9 Å². The number of ether oxygens (including phenoxy) is 1. The number of nitrogens with zero attached hydrogens (tertiary/aromatic N) is 1. The molecule has 176 valence electrons. The number of hydrogen-bond acceptors (Lipinski definition) is 6. The smallest absolute Gasteiger partial charge is 0.258 e. The number of nitrogens with one attached hydrogen (secondary N) is 3. The summed E-state index contributed by atoms with van der Waals surface area (Å²) in [6.45, 7) is 0.451. The molecule has 0 aliphatic carbocycles. The normalized spacial score (nSPS) is 17.6. The van der Waals surface area contributed by atoms with Gasteiger partial charge in [0.1, 0.15) is 24.1 Å². The lowest BCUT2D eigenvalue weighted by molar-refractivity contribution is -0.122. The molecular weight excluding hydrogens is 440 g/mol. The lowest BCUT2D eigenvalue weighted by Gasteiger charge is -2.16. The summed E-state index contributed by atoms with van der Waals surface area (Å²) in [7, 11) is 0. The number of phenolic OH excluding ortho intramolecular Hbond substituents is 1. The van der Waals surface area contributed by atoms with Crippen LogP contribution in [0.25, 0.3) is 10.8 Å². The molecule has 0 bridgehead atoms. The first-order chi connectivity index (χ1) is 17.2. The van der Waals surface area contributed by atoms with Crippen LogP contribution in [0.4, 0.5) is 0 Å². The van der Waals surface area contributed by atoms with E-state index in [1.54, 1.807) is 24.3 Å². The van der Waals surface area contributed by atoms with Crippen molar-refractivity contribution < 1.29 is 14.6 Å². The predicted octanol–water partition coefficient (Wildman–Crippen LogP) is 4.18. The summed E-state index contributed by atoms with van der Waals surface area (Å²) in [5, 5.41) is 15.9. The third-order valence-electron chi connectivity index (χ3n) is 6.04. The van der Waals surface area contributed by atoms with Crippen molar-refractivity contribution >= 4 is 22.9 Å². The summed E-state index contributed by atoms with van der Waals surface area (Å²) >= 11 is 0. The fraction of sp³-hybridized carbons (Fsp3) is 0.143. The van der Waals surface area contributed by atoms with Crippen LogP contribution in [0.1, 0.15) is 29.2 Å². The van der Waals surface area contributed by atoms with Crippen molar-refractivity contribution in [2.24, 2.45) is 5.10 Å². The van der Waals surface area contributed by atoms with Crippen molar-refractivity contribution in [1.29, 1.82) is 0 Å². The van der Waals surface area contributed by atoms with Gasteiger partial charge in [-0.25, -0.2) is 16.3 Å². The van der Waals surface area contributed by atoms with Crippen LogP contribution in [0.5, 0.6) is 11.5 Å². The van der Waals surface area contributed by atoms with Crippen LogP contribution < -0.4 is 21.0 Å². The van der Waals surface area contributed by atoms with E-state index in [9.17, 15) is 9.90 Å². The Labute approximate surface area is 203 Å². The molecule has 7 heteroatoms. The predicted molar refractivity (Wildman–Crippen MR) is 136 cm³/mol. The molecule has 4 aromatic rings. The van der Waals surface area contributed by atoms with Crippen LogP contribution in [-0.2, 0) is 11.4 Å². The third kappa shape index (κ3) is 5.32.